The minimum atomic E-state index is -1.34. The number of amides is 2. The summed E-state index contributed by atoms with van der Waals surface area (Å²) in [5.41, 5.74) is 6.58. The first-order chi connectivity index (χ1) is 13.1. The zero-order chi connectivity index (χ0) is 21.4. The Balaban J connectivity index is 2.79. The number of nitrogens with one attached hydrogen (secondary N) is 2. The molecular weight excluding hydrogens is 366 g/mol. The monoisotopic (exact) mass is 395 g/mol. The van der Waals surface area contributed by atoms with Gasteiger partial charge in [0.15, 0.2) is 0 Å². The van der Waals surface area contributed by atoms with E-state index in [4.69, 9.17) is 5.73 Å². The Morgan fingerprint density at radius 2 is 1.57 bits per heavy atom. The second-order valence-corrected chi connectivity index (χ2v) is 6.91. The average Bonchev–Trinajstić information content (AvgIpc) is 2.64. The Kier molecular flexibility index (Phi) is 8.87. The predicted molar refractivity (Wildman–Crippen MR) is 102 cm³/mol. The van der Waals surface area contributed by atoms with Crippen LogP contribution in [0.1, 0.15) is 32.8 Å². The van der Waals surface area contributed by atoms with Crippen molar-refractivity contribution in [1.82, 2.24) is 10.6 Å². The van der Waals surface area contributed by atoms with Crippen molar-refractivity contribution in [2.45, 2.75) is 57.8 Å². The van der Waals surface area contributed by atoms with Gasteiger partial charge < -0.3 is 31.7 Å². The van der Waals surface area contributed by atoms with E-state index < -0.39 is 42.0 Å². The highest BCUT2D eigenvalue weighted by Crippen LogP contribution is 2.11. The number of nitrogens with two attached hydrogens (primary N) is 1. The van der Waals surface area contributed by atoms with Crippen molar-refractivity contribution in [3.63, 3.8) is 0 Å². The molecule has 0 aliphatic rings. The number of rotatable bonds is 10. The van der Waals surface area contributed by atoms with E-state index in [-0.39, 0.29) is 18.1 Å². The Morgan fingerprint density at radius 3 is 2.04 bits per heavy atom. The summed E-state index contributed by atoms with van der Waals surface area (Å²) in [6.45, 7) is 4.79. The van der Waals surface area contributed by atoms with Crippen LogP contribution in [0.3, 0.4) is 0 Å². The van der Waals surface area contributed by atoms with E-state index in [9.17, 15) is 29.7 Å². The minimum Gasteiger partial charge on any atom is -0.508 e. The number of carboxylic acid groups (broad SMARTS) is 1. The molecule has 0 saturated heterocycles. The second-order valence-electron chi connectivity index (χ2n) is 6.91. The number of aliphatic hydroxyl groups excluding tert-OH is 1. The van der Waals surface area contributed by atoms with Crippen LogP contribution >= 0.6 is 0 Å². The number of phenols is 1. The molecule has 0 bridgehead atoms. The third-order valence-electron chi connectivity index (χ3n) is 4.57. The van der Waals surface area contributed by atoms with Gasteiger partial charge in [0.2, 0.25) is 11.8 Å². The summed E-state index contributed by atoms with van der Waals surface area (Å²) in [4.78, 5) is 36.2. The molecule has 7 N–H and O–H groups in total. The average molecular weight is 395 g/mol. The fraction of sp³-hybridized carbons (Fsp3) is 0.526. The number of carboxylic acids is 1. The minimum absolute atomic E-state index is 0.0851. The van der Waals surface area contributed by atoms with Gasteiger partial charge in [-0.05, 0) is 37.0 Å². The normalized spacial score (nSPS) is 16.3. The topological polar surface area (TPSA) is 162 Å². The lowest BCUT2D eigenvalue weighted by Gasteiger charge is -2.26. The highest BCUT2D eigenvalue weighted by atomic mass is 16.4. The lowest BCUT2D eigenvalue weighted by Crippen LogP contribution is -2.59. The van der Waals surface area contributed by atoms with Crippen LogP contribution in [0.15, 0.2) is 24.3 Å². The van der Waals surface area contributed by atoms with E-state index in [1.165, 1.54) is 19.1 Å². The largest absolute Gasteiger partial charge is 0.508 e. The summed E-state index contributed by atoms with van der Waals surface area (Å²) in [5.74, 6) is -2.90. The molecule has 0 spiro atoms. The van der Waals surface area contributed by atoms with Crippen LogP contribution in [-0.4, -0.2) is 57.3 Å². The Labute approximate surface area is 163 Å². The van der Waals surface area contributed by atoms with Crippen molar-refractivity contribution in [3.8, 4) is 5.75 Å². The van der Waals surface area contributed by atoms with Gasteiger partial charge in [0.25, 0.3) is 0 Å². The van der Waals surface area contributed by atoms with Gasteiger partial charge in [-0.2, -0.15) is 0 Å². The first-order valence-electron chi connectivity index (χ1n) is 9.11. The molecule has 0 unspecified atom stereocenters. The van der Waals surface area contributed by atoms with Gasteiger partial charge >= 0.3 is 5.97 Å². The van der Waals surface area contributed by atoms with Crippen molar-refractivity contribution in [2.75, 3.05) is 0 Å². The van der Waals surface area contributed by atoms with E-state index in [0.29, 0.717) is 12.0 Å². The Morgan fingerprint density at radius 1 is 1.04 bits per heavy atom. The zero-order valence-electron chi connectivity index (χ0n) is 16.3. The number of aliphatic carboxylic acids is 1. The number of hydrogen-bond acceptors (Lipinski definition) is 6. The molecule has 0 aliphatic carbocycles. The van der Waals surface area contributed by atoms with Crippen LogP contribution in [0.4, 0.5) is 0 Å². The number of aromatic hydroxyl groups is 1. The number of hydrogen-bond donors (Lipinski definition) is 6. The number of aliphatic hydroxyl groups is 1. The first-order valence-corrected chi connectivity index (χ1v) is 9.11. The van der Waals surface area contributed by atoms with E-state index in [2.05, 4.69) is 10.6 Å². The van der Waals surface area contributed by atoms with Gasteiger partial charge in [0.05, 0.1) is 12.1 Å². The van der Waals surface area contributed by atoms with Crippen molar-refractivity contribution in [1.29, 1.82) is 0 Å². The fourth-order valence-corrected chi connectivity index (χ4v) is 2.57. The Bertz CT molecular complexity index is 677. The van der Waals surface area contributed by atoms with Crippen molar-refractivity contribution < 1.29 is 29.7 Å². The predicted octanol–water partition coefficient (Wildman–Crippen LogP) is -0.257. The zero-order valence-corrected chi connectivity index (χ0v) is 16.3. The summed E-state index contributed by atoms with van der Waals surface area (Å²) in [5, 5.41) is 33.2. The van der Waals surface area contributed by atoms with Gasteiger partial charge in [-0.15, -0.1) is 0 Å². The summed E-state index contributed by atoms with van der Waals surface area (Å²) in [6.07, 6.45) is -0.568. The molecule has 28 heavy (non-hydrogen) atoms. The van der Waals surface area contributed by atoms with Crippen molar-refractivity contribution in [3.05, 3.63) is 29.8 Å². The van der Waals surface area contributed by atoms with Crippen molar-refractivity contribution >= 4 is 17.8 Å². The molecule has 1 rings (SSSR count). The van der Waals surface area contributed by atoms with E-state index in [0.717, 1.165) is 0 Å². The van der Waals surface area contributed by atoms with Crippen LogP contribution in [0.5, 0.6) is 5.75 Å². The molecule has 0 aromatic heterocycles. The molecule has 5 atom stereocenters. The van der Waals surface area contributed by atoms with E-state index in [1.54, 1.807) is 26.0 Å². The van der Waals surface area contributed by atoms with E-state index >= 15 is 0 Å². The molecule has 0 radical (unpaired) electrons. The second kappa shape index (κ2) is 10.6. The first kappa shape index (κ1) is 23.4. The lowest BCUT2D eigenvalue weighted by molar-refractivity contribution is -0.144. The number of phenolic OH excluding ortho intramolecular Hbond substituents is 1. The summed E-state index contributed by atoms with van der Waals surface area (Å²) in [7, 11) is 0. The summed E-state index contributed by atoms with van der Waals surface area (Å²) < 4.78 is 0. The number of carbonyl (C=O) groups is 3. The highest BCUT2D eigenvalue weighted by Gasteiger charge is 2.32. The van der Waals surface area contributed by atoms with Crippen LogP contribution in [0.2, 0.25) is 0 Å². The standard InChI is InChI=1S/C19H29N3O6/c1-4-10(2)15(19(27)28)21-18(26)16(11(3)23)22-17(25)14(20)9-12-5-7-13(24)8-6-12/h5-8,10-11,14-16,23-24H,4,9,20H2,1-3H3,(H,21,26)(H,22,25)(H,27,28)/t10-,11+,14-,15-,16-/m0/s1. The molecule has 0 aliphatic heterocycles. The molecule has 0 fully saturated rings. The third-order valence-corrected chi connectivity index (χ3v) is 4.57. The van der Waals surface area contributed by atoms with Crippen LogP contribution in [0.25, 0.3) is 0 Å². The van der Waals surface area contributed by atoms with Gasteiger partial charge in [-0.1, -0.05) is 32.4 Å². The third kappa shape index (κ3) is 6.82. The smallest absolute Gasteiger partial charge is 0.326 e. The van der Waals surface area contributed by atoms with Crippen LogP contribution in [0, 0.1) is 5.92 Å². The van der Waals surface area contributed by atoms with Gasteiger partial charge in [-0.3, -0.25) is 9.59 Å². The molecule has 2 amide bonds. The van der Waals surface area contributed by atoms with Crippen LogP contribution < -0.4 is 16.4 Å². The molecule has 0 heterocycles. The van der Waals surface area contributed by atoms with Crippen LogP contribution in [-0.2, 0) is 20.8 Å². The molecule has 156 valence electrons. The molecule has 1 aromatic carbocycles. The fourth-order valence-electron chi connectivity index (χ4n) is 2.57. The quantitative estimate of drug-likeness (QED) is 0.318. The van der Waals surface area contributed by atoms with Crippen molar-refractivity contribution in [2.24, 2.45) is 11.7 Å². The highest BCUT2D eigenvalue weighted by molar-refractivity contribution is 5.92. The molecular formula is C19H29N3O6. The van der Waals surface area contributed by atoms with E-state index in [1.807, 2.05) is 0 Å². The molecule has 9 nitrogen and oxygen atoms in total. The summed E-state index contributed by atoms with van der Waals surface area (Å²) >= 11 is 0. The number of carbonyl (C=O) groups excluding carboxylic acids is 2. The maximum atomic E-state index is 12.5. The molecule has 0 saturated carbocycles. The van der Waals surface area contributed by atoms with Gasteiger partial charge in [0, 0.05) is 0 Å². The molecule has 9 heteroatoms. The Hall–Kier alpha value is -2.65. The SMILES string of the molecule is CC[C@H](C)[C@H](NC(=O)[C@@H](NC(=O)[C@@H](N)Cc1ccc(O)cc1)[C@@H](C)O)C(=O)O. The lowest BCUT2D eigenvalue weighted by atomic mass is 9.98. The summed E-state index contributed by atoms with van der Waals surface area (Å²) in [6, 6.07) is 2.68. The molecule has 1 aromatic rings. The van der Waals surface area contributed by atoms with Gasteiger partial charge in [0.1, 0.15) is 17.8 Å². The maximum Gasteiger partial charge on any atom is 0.326 e. The maximum absolute atomic E-state index is 12.5. The van der Waals surface area contributed by atoms with Gasteiger partial charge in [-0.25, -0.2) is 4.79 Å². The number of benzene rings is 1.